The first-order chi connectivity index (χ1) is 9.15. The Morgan fingerprint density at radius 2 is 1.85 bits per heavy atom. The number of likely N-dealkylation sites (tertiary alicyclic amines) is 1. The van der Waals surface area contributed by atoms with Gasteiger partial charge in [0.05, 0.1) is 5.92 Å². The van der Waals surface area contributed by atoms with Gasteiger partial charge in [-0.1, -0.05) is 27.7 Å². The van der Waals surface area contributed by atoms with Crippen LogP contribution in [0.3, 0.4) is 0 Å². The number of carbonyl (C=O) groups excluding carboxylic acids is 2. The number of nitrogens with one attached hydrogen (secondary N) is 1. The molecule has 1 saturated heterocycles. The highest BCUT2D eigenvalue weighted by atomic mass is 16.4. The van der Waals surface area contributed by atoms with Crippen LogP contribution in [0.1, 0.15) is 40.5 Å². The van der Waals surface area contributed by atoms with E-state index in [4.69, 9.17) is 0 Å². The Bertz CT molecular complexity index is 400. The molecule has 1 heterocycles. The van der Waals surface area contributed by atoms with Crippen LogP contribution in [-0.4, -0.2) is 46.9 Å². The number of carbonyl (C=O) groups is 3. The molecule has 1 rings (SSSR count). The molecule has 0 aromatic carbocycles. The number of hydrogen-bond acceptors (Lipinski definition) is 3. The van der Waals surface area contributed by atoms with Gasteiger partial charge < -0.3 is 15.3 Å². The van der Waals surface area contributed by atoms with Crippen LogP contribution in [0.2, 0.25) is 0 Å². The van der Waals surface area contributed by atoms with Crippen molar-refractivity contribution >= 4 is 17.8 Å². The molecule has 2 atom stereocenters. The number of carboxylic acids is 1. The molecule has 6 heteroatoms. The molecule has 0 aliphatic carbocycles. The van der Waals surface area contributed by atoms with Crippen LogP contribution in [-0.2, 0) is 14.4 Å². The Hall–Kier alpha value is -1.59. The zero-order valence-electron chi connectivity index (χ0n) is 12.6. The van der Waals surface area contributed by atoms with E-state index in [9.17, 15) is 19.5 Å². The van der Waals surface area contributed by atoms with Crippen LogP contribution in [0.4, 0.5) is 0 Å². The third kappa shape index (κ3) is 4.21. The molecule has 6 nitrogen and oxygen atoms in total. The van der Waals surface area contributed by atoms with Crippen molar-refractivity contribution in [1.82, 2.24) is 10.2 Å². The summed E-state index contributed by atoms with van der Waals surface area (Å²) in [5, 5.41) is 12.0. The van der Waals surface area contributed by atoms with Crippen LogP contribution in [0, 0.1) is 11.3 Å². The summed E-state index contributed by atoms with van der Waals surface area (Å²) < 4.78 is 0. The smallest absolute Gasteiger partial charge is 0.308 e. The second-order valence-corrected chi connectivity index (χ2v) is 6.34. The molecule has 1 fully saturated rings. The van der Waals surface area contributed by atoms with Crippen molar-refractivity contribution in [2.45, 2.75) is 46.6 Å². The average Bonchev–Trinajstić information content (AvgIpc) is 2.36. The molecule has 0 bridgehead atoms. The van der Waals surface area contributed by atoms with Gasteiger partial charge in [-0.25, -0.2) is 0 Å². The molecule has 114 valence electrons. The van der Waals surface area contributed by atoms with Crippen molar-refractivity contribution in [1.29, 1.82) is 0 Å². The minimum atomic E-state index is -0.923. The molecule has 2 N–H and O–H groups in total. The molecule has 20 heavy (non-hydrogen) atoms. The van der Waals surface area contributed by atoms with Crippen LogP contribution < -0.4 is 5.32 Å². The van der Waals surface area contributed by atoms with Gasteiger partial charge >= 0.3 is 5.97 Å². The van der Waals surface area contributed by atoms with E-state index in [1.54, 1.807) is 27.7 Å². The van der Waals surface area contributed by atoms with Crippen molar-refractivity contribution in [2.75, 3.05) is 13.1 Å². The highest BCUT2D eigenvalue weighted by Gasteiger charge is 2.35. The van der Waals surface area contributed by atoms with Gasteiger partial charge in [-0.05, 0) is 6.42 Å². The summed E-state index contributed by atoms with van der Waals surface area (Å²) in [5.41, 5.74) is -0.532. The largest absolute Gasteiger partial charge is 0.481 e. The summed E-state index contributed by atoms with van der Waals surface area (Å²) in [7, 11) is 0. The molecular weight excluding hydrogens is 260 g/mol. The molecule has 1 aliphatic heterocycles. The summed E-state index contributed by atoms with van der Waals surface area (Å²) in [6.07, 6.45) is 0.705. The molecule has 0 radical (unpaired) electrons. The van der Waals surface area contributed by atoms with Gasteiger partial charge in [0.2, 0.25) is 11.8 Å². The highest BCUT2D eigenvalue weighted by Crippen LogP contribution is 2.20. The van der Waals surface area contributed by atoms with E-state index < -0.39 is 17.3 Å². The lowest BCUT2D eigenvalue weighted by atomic mass is 9.91. The summed E-state index contributed by atoms with van der Waals surface area (Å²) in [4.78, 5) is 36.5. The van der Waals surface area contributed by atoms with Gasteiger partial charge in [0, 0.05) is 31.0 Å². The fourth-order valence-electron chi connectivity index (χ4n) is 2.21. The zero-order chi connectivity index (χ0) is 15.5. The lowest BCUT2D eigenvalue weighted by molar-refractivity contribution is -0.147. The maximum atomic E-state index is 12.0. The maximum Gasteiger partial charge on any atom is 0.308 e. The van der Waals surface area contributed by atoms with Crippen molar-refractivity contribution < 1.29 is 19.5 Å². The Morgan fingerprint density at radius 1 is 1.25 bits per heavy atom. The van der Waals surface area contributed by atoms with Gasteiger partial charge in [-0.3, -0.25) is 14.4 Å². The van der Waals surface area contributed by atoms with E-state index in [2.05, 4.69) is 5.32 Å². The Labute approximate surface area is 119 Å². The van der Waals surface area contributed by atoms with Crippen molar-refractivity contribution in [2.24, 2.45) is 11.3 Å². The van der Waals surface area contributed by atoms with E-state index in [0.29, 0.717) is 19.4 Å². The molecule has 0 aromatic rings. The number of carboxylic acid groups (broad SMARTS) is 1. The number of nitrogens with zero attached hydrogens (tertiary/aromatic N) is 1. The van der Waals surface area contributed by atoms with Gasteiger partial charge in [-0.15, -0.1) is 0 Å². The predicted octanol–water partition coefficient (Wildman–Crippen LogP) is 0.860. The average molecular weight is 284 g/mol. The van der Waals surface area contributed by atoms with Crippen LogP contribution in [0.5, 0.6) is 0 Å². The van der Waals surface area contributed by atoms with Crippen molar-refractivity contribution in [3.63, 3.8) is 0 Å². The van der Waals surface area contributed by atoms with Crippen molar-refractivity contribution in [3.05, 3.63) is 0 Å². The summed E-state index contributed by atoms with van der Waals surface area (Å²) in [5.74, 6) is -1.75. The highest BCUT2D eigenvalue weighted by molar-refractivity contribution is 5.82. The van der Waals surface area contributed by atoms with Crippen LogP contribution in [0.15, 0.2) is 0 Å². The van der Waals surface area contributed by atoms with Crippen LogP contribution in [0.25, 0.3) is 0 Å². The second-order valence-electron chi connectivity index (χ2n) is 6.34. The third-order valence-electron chi connectivity index (χ3n) is 3.47. The van der Waals surface area contributed by atoms with E-state index >= 15 is 0 Å². The Kier molecular flexibility index (Phi) is 5.14. The number of hydrogen-bond donors (Lipinski definition) is 2. The van der Waals surface area contributed by atoms with Gasteiger partial charge in [0.1, 0.15) is 0 Å². The SMILES string of the molecule is CCC(=O)N1CC(NC(=O)C(C)(C)C)CC(C(=O)O)C1. The topological polar surface area (TPSA) is 86.7 Å². The maximum absolute atomic E-state index is 12.0. The zero-order valence-corrected chi connectivity index (χ0v) is 12.6. The Morgan fingerprint density at radius 3 is 2.30 bits per heavy atom. The fraction of sp³-hybridized carbons (Fsp3) is 0.786. The molecule has 0 spiro atoms. The van der Waals surface area contributed by atoms with E-state index in [-0.39, 0.29) is 24.4 Å². The number of amides is 2. The lowest BCUT2D eigenvalue weighted by Gasteiger charge is -2.37. The quantitative estimate of drug-likeness (QED) is 0.804. The third-order valence-corrected chi connectivity index (χ3v) is 3.47. The fourth-order valence-corrected chi connectivity index (χ4v) is 2.21. The van der Waals surface area contributed by atoms with Crippen molar-refractivity contribution in [3.8, 4) is 0 Å². The first-order valence-corrected chi connectivity index (χ1v) is 6.96. The lowest BCUT2D eigenvalue weighted by Crippen LogP contribution is -2.55. The minimum Gasteiger partial charge on any atom is -0.481 e. The first kappa shape index (κ1) is 16.5. The first-order valence-electron chi connectivity index (χ1n) is 6.96. The van der Waals surface area contributed by atoms with Crippen LogP contribution >= 0.6 is 0 Å². The normalized spacial score (nSPS) is 23.3. The van der Waals surface area contributed by atoms with E-state index in [1.165, 1.54) is 4.90 Å². The van der Waals surface area contributed by atoms with E-state index in [0.717, 1.165) is 0 Å². The number of aliphatic carboxylic acids is 1. The number of piperidine rings is 1. The molecule has 2 amide bonds. The Balaban J connectivity index is 2.77. The molecule has 2 unspecified atom stereocenters. The number of rotatable bonds is 3. The van der Waals surface area contributed by atoms with Gasteiger partial charge in [-0.2, -0.15) is 0 Å². The summed E-state index contributed by atoms with van der Waals surface area (Å²) in [6.45, 7) is 7.76. The molecule has 0 aromatic heterocycles. The van der Waals surface area contributed by atoms with E-state index in [1.807, 2.05) is 0 Å². The monoisotopic (exact) mass is 284 g/mol. The van der Waals surface area contributed by atoms with Gasteiger partial charge in [0.25, 0.3) is 0 Å². The molecule has 1 aliphatic rings. The molecule has 0 saturated carbocycles. The predicted molar refractivity (Wildman–Crippen MR) is 74.0 cm³/mol. The molecular formula is C14H24N2O4. The summed E-state index contributed by atoms with van der Waals surface area (Å²) >= 11 is 0. The summed E-state index contributed by atoms with van der Waals surface area (Å²) in [6, 6.07) is -0.299. The second kappa shape index (κ2) is 6.24. The van der Waals surface area contributed by atoms with Gasteiger partial charge in [0.15, 0.2) is 0 Å². The minimum absolute atomic E-state index is 0.0778. The standard InChI is InChI=1S/C14H24N2O4/c1-5-11(17)16-7-9(12(18)19)6-10(8-16)15-13(20)14(2,3)4/h9-10H,5-8H2,1-4H3,(H,15,20)(H,18,19).